The molecule has 1 aromatic rings. The normalized spacial score (nSPS) is 16.4. The fourth-order valence-corrected chi connectivity index (χ4v) is 2.57. The largest absolute Gasteiger partial charge is 0.355 e. The summed E-state index contributed by atoms with van der Waals surface area (Å²) < 4.78 is 0. The number of aromatic nitrogens is 1. The van der Waals surface area contributed by atoms with Gasteiger partial charge in [0.25, 0.3) is 0 Å². The molecule has 2 atom stereocenters. The van der Waals surface area contributed by atoms with Crippen LogP contribution in [0.2, 0.25) is 0 Å². The van der Waals surface area contributed by atoms with Crippen molar-refractivity contribution < 1.29 is 9.59 Å². The molecule has 7 heteroatoms. The Morgan fingerprint density at radius 2 is 1.96 bits per heavy atom. The molecule has 132 valence electrons. The van der Waals surface area contributed by atoms with Crippen molar-refractivity contribution in [1.82, 2.24) is 15.6 Å². The molecule has 0 saturated carbocycles. The van der Waals surface area contributed by atoms with Crippen LogP contribution in [-0.2, 0) is 4.79 Å². The Morgan fingerprint density at radius 3 is 2.62 bits per heavy atom. The number of carbonyl (C=O) groups excluding carboxylic acids is 2. The molecule has 0 aromatic carbocycles. The van der Waals surface area contributed by atoms with Gasteiger partial charge in [0, 0.05) is 25.3 Å². The van der Waals surface area contributed by atoms with Gasteiger partial charge < -0.3 is 20.9 Å². The summed E-state index contributed by atoms with van der Waals surface area (Å²) in [5, 5.41) is 8.33. The highest BCUT2D eigenvalue weighted by Crippen LogP contribution is 2.25. The first kappa shape index (κ1) is 18.0. The van der Waals surface area contributed by atoms with Crippen LogP contribution in [0.1, 0.15) is 40.0 Å². The summed E-state index contributed by atoms with van der Waals surface area (Å²) in [5.74, 6) is 0.590. The van der Waals surface area contributed by atoms with Gasteiger partial charge in [-0.25, -0.2) is 9.78 Å². The quantitative estimate of drug-likeness (QED) is 0.744. The highest BCUT2D eigenvalue weighted by atomic mass is 16.2. The van der Waals surface area contributed by atoms with E-state index in [1.54, 1.807) is 19.2 Å². The van der Waals surface area contributed by atoms with Crippen molar-refractivity contribution in [1.29, 1.82) is 0 Å². The van der Waals surface area contributed by atoms with Crippen molar-refractivity contribution in [2.45, 2.75) is 52.1 Å². The van der Waals surface area contributed by atoms with Gasteiger partial charge in [-0.05, 0) is 45.2 Å². The van der Waals surface area contributed by atoms with E-state index in [1.165, 1.54) is 0 Å². The van der Waals surface area contributed by atoms with E-state index in [-0.39, 0.29) is 11.9 Å². The van der Waals surface area contributed by atoms with E-state index in [4.69, 9.17) is 0 Å². The first-order valence-electron chi connectivity index (χ1n) is 8.59. The molecule has 7 nitrogen and oxygen atoms in total. The van der Waals surface area contributed by atoms with Crippen LogP contribution in [0.3, 0.4) is 0 Å². The summed E-state index contributed by atoms with van der Waals surface area (Å²) in [5.41, 5.74) is 0.659. The molecular formula is C17H27N5O2. The molecule has 24 heavy (non-hydrogen) atoms. The number of nitrogens with zero attached hydrogens (tertiary/aromatic N) is 2. The van der Waals surface area contributed by atoms with E-state index in [2.05, 4.69) is 25.8 Å². The smallest absolute Gasteiger partial charge is 0.319 e. The van der Waals surface area contributed by atoms with Crippen molar-refractivity contribution in [2.75, 3.05) is 23.3 Å². The third-order valence-electron chi connectivity index (χ3n) is 4.18. The number of urea groups is 1. The number of amides is 3. The standard InChI is InChI=1S/C17H27N5O2/c1-4-12(2)19-16(23)13(3)20-17(24)21-14-8-7-9-18-15(14)22-10-5-6-11-22/h7-9,12-13H,4-6,10-11H2,1-3H3,(H,19,23)(H2,20,21,24)/t12-,13-/m0/s1. The Morgan fingerprint density at radius 1 is 1.25 bits per heavy atom. The van der Waals surface area contributed by atoms with Crippen molar-refractivity contribution in [3.05, 3.63) is 18.3 Å². The molecule has 0 spiro atoms. The Balaban J connectivity index is 1.94. The predicted molar refractivity (Wildman–Crippen MR) is 95.2 cm³/mol. The average molecular weight is 333 g/mol. The van der Waals surface area contributed by atoms with Crippen LogP contribution in [-0.4, -0.2) is 42.1 Å². The van der Waals surface area contributed by atoms with E-state index in [0.717, 1.165) is 38.2 Å². The van der Waals surface area contributed by atoms with Gasteiger partial charge >= 0.3 is 6.03 Å². The number of pyridine rings is 1. The van der Waals surface area contributed by atoms with E-state index < -0.39 is 12.1 Å². The summed E-state index contributed by atoms with van der Waals surface area (Å²) >= 11 is 0. The van der Waals surface area contributed by atoms with E-state index in [1.807, 2.05) is 19.9 Å². The van der Waals surface area contributed by atoms with Gasteiger partial charge in [-0.15, -0.1) is 0 Å². The molecule has 3 N–H and O–H groups in total. The summed E-state index contributed by atoms with van der Waals surface area (Å²) in [4.78, 5) is 30.7. The maximum atomic E-state index is 12.2. The van der Waals surface area contributed by atoms with Crippen molar-refractivity contribution in [3.8, 4) is 0 Å². The van der Waals surface area contributed by atoms with Crippen molar-refractivity contribution in [3.63, 3.8) is 0 Å². The monoisotopic (exact) mass is 333 g/mol. The SMILES string of the molecule is CC[C@H](C)NC(=O)[C@H](C)NC(=O)Nc1cccnc1N1CCCC1. The lowest BCUT2D eigenvalue weighted by atomic mass is 10.2. The lowest BCUT2D eigenvalue weighted by molar-refractivity contribution is -0.123. The molecular weight excluding hydrogens is 306 g/mol. The lowest BCUT2D eigenvalue weighted by Crippen LogP contribution is -2.48. The topological polar surface area (TPSA) is 86.4 Å². The maximum absolute atomic E-state index is 12.2. The van der Waals surface area contributed by atoms with Crippen LogP contribution in [0.5, 0.6) is 0 Å². The fraction of sp³-hybridized carbons (Fsp3) is 0.588. The minimum atomic E-state index is -0.606. The van der Waals surface area contributed by atoms with Crippen molar-refractivity contribution >= 4 is 23.4 Å². The fourth-order valence-electron chi connectivity index (χ4n) is 2.57. The molecule has 0 unspecified atom stereocenters. The summed E-state index contributed by atoms with van der Waals surface area (Å²) in [7, 11) is 0. The Hall–Kier alpha value is -2.31. The molecule has 3 amide bonds. The maximum Gasteiger partial charge on any atom is 0.319 e. The van der Waals surface area contributed by atoms with E-state index in [9.17, 15) is 9.59 Å². The van der Waals surface area contributed by atoms with Gasteiger partial charge in [-0.2, -0.15) is 0 Å². The Kier molecular flexibility index (Phi) is 6.40. The van der Waals surface area contributed by atoms with Crippen LogP contribution in [0.15, 0.2) is 18.3 Å². The highest BCUT2D eigenvalue weighted by molar-refractivity contribution is 5.95. The molecule has 0 aliphatic carbocycles. The van der Waals surface area contributed by atoms with Gasteiger partial charge in [0.1, 0.15) is 6.04 Å². The van der Waals surface area contributed by atoms with Crippen LogP contribution in [0.25, 0.3) is 0 Å². The molecule has 1 aliphatic rings. The first-order chi connectivity index (χ1) is 11.5. The minimum absolute atomic E-state index is 0.0879. The second-order valence-corrected chi connectivity index (χ2v) is 6.21. The van der Waals surface area contributed by atoms with Gasteiger partial charge in [0.2, 0.25) is 5.91 Å². The highest BCUT2D eigenvalue weighted by Gasteiger charge is 2.20. The first-order valence-corrected chi connectivity index (χ1v) is 8.59. The van der Waals surface area contributed by atoms with E-state index >= 15 is 0 Å². The molecule has 1 saturated heterocycles. The molecule has 0 bridgehead atoms. The molecule has 1 aromatic heterocycles. The lowest BCUT2D eigenvalue weighted by Gasteiger charge is -2.21. The second kappa shape index (κ2) is 8.52. The van der Waals surface area contributed by atoms with Crippen LogP contribution in [0, 0.1) is 0 Å². The summed E-state index contributed by atoms with van der Waals surface area (Å²) in [6.07, 6.45) is 4.84. The zero-order chi connectivity index (χ0) is 17.5. The summed E-state index contributed by atoms with van der Waals surface area (Å²) in [6.45, 7) is 7.49. The predicted octanol–water partition coefficient (Wildman–Crippen LogP) is 2.11. The number of anilines is 2. The van der Waals surface area contributed by atoms with Crippen LogP contribution in [0.4, 0.5) is 16.3 Å². The second-order valence-electron chi connectivity index (χ2n) is 6.21. The minimum Gasteiger partial charge on any atom is -0.355 e. The molecule has 1 fully saturated rings. The Bertz CT molecular complexity index is 572. The number of carbonyl (C=O) groups is 2. The molecule has 0 radical (unpaired) electrons. The van der Waals surface area contributed by atoms with Crippen molar-refractivity contribution in [2.24, 2.45) is 0 Å². The third kappa shape index (κ3) is 4.84. The van der Waals surface area contributed by atoms with Gasteiger partial charge in [-0.3, -0.25) is 4.79 Å². The van der Waals surface area contributed by atoms with Gasteiger partial charge in [-0.1, -0.05) is 6.92 Å². The average Bonchev–Trinajstić information content (AvgIpc) is 3.09. The van der Waals surface area contributed by atoms with Gasteiger partial charge in [0.05, 0.1) is 5.69 Å². The number of rotatable bonds is 6. The zero-order valence-electron chi connectivity index (χ0n) is 14.6. The Labute approximate surface area is 143 Å². The molecule has 2 rings (SSSR count). The number of hydrogen-bond donors (Lipinski definition) is 3. The number of hydrogen-bond acceptors (Lipinski definition) is 4. The van der Waals surface area contributed by atoms with Crippen LogP contribution >= 0.6 is 0 Å². The number of nitrogens with one attached hydrogen (secondary N) is 3. The zero-order valence-corrected chi connectivity index (χ0v) is 14.6. The summed E-state index contributed by atoms with van der Waals surface area (Å²) in [6, 6.07) is 2.68. The molecule has 1 aliphatic heterocycles. The third-order valence-corrected chi connectivity index (χ3v) is 4.18. The molecule has 2 heterocycles. The van der Waals surface area contributed by atoms with Crippen LogP contribution < -0.4 is 20.9 Å². The van der Waals surface area contributed by atoms with Gasteiger partial charge in [0.15, 0.2) is 5.82 Å². The van der Waals surface area contributed by atoms with E-state index in [0.29, 0.717) is 5.69 Å².